The molecule has 2 N–H and O–H groups in total. The third-order valence-corrected chi connectivity index (χ3v) is 3.06. The van der Waals surface area contributed by atoms with Crippen molar-refractivity contribution in [1.29, 1.82) is 0 Å². The molecule has 0 saturated heterocycles. The van der Waals surface area contributed by atoms with Gasteiger partial charge in [0.25, 0.3) is 11.5 Å². The van der Waals surface area contributed by atoms with Crippen molar-refractivity contribution in [3.8, 4) is 0 Å². The molecule has 2 amide bonds. The lowest BCUT2D eigenvalue weighted by atomic mass is 10.2. The molecule has 128 valence electrons. The first-order valence-corrected chi connectivity index (χ1v) is 6.78. The van der Waals surface area contributed by atoms with Gasteiger partial charge in [-0.2, -0.15) is 13.2 Å². The van der Waals surface area contributed by atoms with E-state index in [0.29, 0.717) is 10.9 Å². The molecule has 1 aromatic carbocycles. The number of nitrogens with zero attached hydrogens (tertiary/aromatic N) is 2. The highest BCUT2D eigenvalue weighted by Crippen LogP contribution is 2.18. The van der Waals surface area contributed by atoms with E-state index >= 15 is 0 Å². The summed E-state index contributed by atoms with van der Waals surface area (Å²) in [5, 5.41) is 0.303. The van der Waals surface area contributed by atoms with Gasteiger partial charge in [-0.05, 0) is 19.1 Å². The Morgan fingerprint density at radius 2 is 1.79 bits per heavy atom. The molecule has 0 aliphatic rings. The van der Waals surface area contributed by atoms with E-state index in [2.05, 4.69) is 4.98 Å². The highest BCUT2D eigenvalue weighted by atomic mass is 19.4. The maximum atomic E-state index is 12.3. The summed E-state index contributed by atoms with van der Waals surface area (Å²) < 4.78 is 37.1. The Bertz CT molecular complexity index is 845. The molecule has 0 spiro atoms. The van der Waals surface area contributed by atoms with Crippen molar-refractivity contribution in [2.45, 2.75) is 26.1 Å². The summed E-state index contributed by atoms with van der Waals surface area (Å²) in [5.41, 5.74) is 3.48. The van der Waals surface area contributed by atoms with Crippen LogP contribution in [0.4, 0.5) is 13.2 Å². The lowest BCUT2D eigenvalue weighted by Crippen LogP contribution is -2.45. The van der Waals surface area contributed by atoms with Crippen LogP contribution in [-0.4, -0.2) is 27.5 Å². The molecule has 0 aliphatic carbocycles. The SMILES string of the molecule is Cc1nc2ccccc2c(=O)n1CC(=O)NNC(=O)CC(F)(F)F. The Balaban J connectivity index is 2.08. The van der Waals surface area contributed by atoms with Crippen molar-refractivity contribution in [3.63, 3.8) is 0 Å². The maximum Gasteiger partial charge on any atom is 0.397 e. The van der Waals surface area contributed by atoms with E-state index in [4.69, 9.17) is 0 Å². The van der Waals surface area contributed by atoms with Gasteiger partial charge in [-0.25, -0.2) is 4.98 Å². The number of hydrogen-bond acceptors (Lipinski definition) is 4. The van der Waals surface area contributed by atoms with Crippen LogP contribution in [0.5, 0.6) is 0 Å². The number of benzene rings is 1. The van der Waals surface area contributed by atoms with Crippen LogP contribution in [0.3, 0.4) is 0 Å². The summed E-state index contributed by atoms with van der Waals surface area (Å²) in [5.74, 6) is -2.00. The van der Waals surface area contributed by atoms with Gasteiger partial charge in [0.05, 0.1) is 10.9 Å². The van der Waals surface area contributed by atoms with E-state index in [1.165, 1.54) is 6.92 Å². The Hall–Kier alpha value is -2.91. The fourth-order valence-electron chi connectivity index (χ4n) is 2.01. The van der Waals surface area contributed by atoms with Crippen LogP contribution in [0.25, 0.3) is 10.9 Å². The van der Waals surface area contributed by atoms with Gasteiger partial charge >= 0.3 is 6.18 Å². The number of amides is 2. The van der Waals surface area contributed by atoms with Crippen LogP contribution in [0.15, 0.2) is 29.1 Å². The minimum absolute atomic E-state index is 0.260. The highest BCUT2D eigenvalue weighted by Gasteiger charge is 2.31. The van der Waals surface area contributed by atoms with Gasteiger partial charge in [-0.15, -0.1) is 0 Å². The van der Waals surface area contributed by atoms with Crippen molar-refractivity contribution in [1.82, 2.24) is 20.4 Å². The number of carbonyl (C=O) groups excluding carboxylic acids is 2. The average Bonchev–Trinajstić information content (AvgIpc) is 2.48. The van der Waals surface area contributed by atoms with E-state index in [9.17, 15) is 27.6 Å². The van der Waals surface area contributed by atoms with Gasteiger partial charge in [-0.3, -0.25) is 29.8 Å². The molecule has 0 saturated carbocycles. The van der Waals surface area contributed by atoms with Crippen molar-refractivity contribution in [3.05, 3.63) is 40.4 Å². The molecule has 0 radical (unpaired) electrons. The second kappa shape index (κ2) is 6.69. The van der Waals surface area contributed by atoms with Crippen LogP contribution < -0.4 is 16.4 Å². The Morgan fingerprint density at radius 3 is 2.46 bits per heavy atom. The molecule has 0 atom stereocenters. The third-order valence-electron chi connectivity index (χ3n) is 3.06. The lowest BCUT2D eigenvalue weighted by molar-refractivity contribution is -0.155. The number of hydrazine groups is 1. The number of halogens is 3. The van der Waals surface area contributed by atoms with Crippen molar-refractivity contribution < 1.29 is 22.8 Å². The first-order chi connectivity index (χ1) is 11.2. The van der Waals surface area contributed by atoms with Crippen LogP contribution in [0, 0.1) is 6.92 Å². The number of aryl methyl sites for hydroxylation is 1. The average molecular weight is 342 g/mol. The van der Waals surface area contributed by atoms with Gasteiger partial charge < -0.3 is 0 Å². The van der Waals surface area contributed by atoms with Crippen molar-refractivity contribution in [2.24, 2.45) is 0 Å². The molecule has 10 heteroatoms. The van der Waals surface area contributed by atoms with E-state index in [1.54, 1.807) is 29.7 Å². The second-order valence-electron chi connectivity index (χ2n) is 4.96. The monoisotopic (exact) mass is 342 g/mol. The first kappa shape index (κ1) is 17.4. The molecule has 2 aromatic rings. The molecule has 1 heterocycles. The maximum absolute atomic E-state index is 12.3. The van der Waals surface area contributed by atoms with E-state index in [0.717, 1.165) is 4.57 Å². The smallest absolute Gasteiger partial charge is 0.287 e. The zero-order valence-corrected chi connectivity index (χ0v) is 12.5. The largest absolute Gasteiger partial charge is 0.397 e. The zero-order valence-electron chi connectivity index (χ0n) is 12.5. The second-order valence-corrected chi connectivity index (χ2v) is 4.96. The summed E-state index contributed by atoms with van der Waals surface area (Å²) in [6.07, 6.45) is -6.39. The van der Waals surface area contributed by atoms with Gasteiger partial charge in [-0.1, -0.05) is 12.1 Å². The van der Waals surface area contributed by atoms with Crippen LogP contribution in [0.1, 0.15) is 12.2 Å². The number of aromatic nitrogens is 2. The van der Waals surface area contributed by atoms with Crippen LogP contribution in [0.2, 0.25) is 0 Å². The van der Waals surface area contributed by atoms with E-state index in [-0.39, 0.29) is 5.82 Å². The van der Waals surface area contributed by atoms with Crippen molar-refractivity contribution in [2.75, 3.05) is 0 Å². The summed E-state index contributed by atoms with van der Waals surface area (Å²) in [7, 11) is 0. The summed E-state index contributed by atoms with van der Waals surface area (Å²) in [6.45, 7) is 1.03. The summed E-state index contributed by atoms with van der Waals surface area (Å²) in [6, 6.07) is 6.54. The molecule has 0 fully saturated rings. The van der Waals surface area contributed by atoms with Gasteiger partial charge in [0.1, 0.15) is 18.8 Å². The number of alkyl halides is 3. The topological polar surface area (TPSA) is 93.1 Å². The highest BCUT2D eigenvalue weighted by molar-refractivity contribution is 5.82. The zero-order chi connectivity index (χ0) is 17.9. The van der Waals surface area contributed by atoms with Crippen LogP contribution in [-0.2, 0) is 16.1 Å². The number of rotatable bonds is 3. The van der Waals surface area contributed by atoms with Crippen molar-refractivity contribution >= 4 is 22.7 Å². The first-order valence-electron chi connectivity index (χ1n) is 6.78. The molecule has 0 aliphatic heterocycles. The quantitative estimate of drug-likeness (QED) is 0.807. The number of nitrogens with one attached hydrogen (secondary N) is 2. The minimum Gasteiger partial charge on any atom is -0.287 e. The molecule has 7 nitrogen and oxygen atoms in total. The fraction of sp³-hybridized carbons (Fsp3) is 0.286. The predicted molar refractivity (Wildman–Crippen MR) is 77.7 cm³/mol. The molecule has 0 unspecified atom stereocenters. The molecular weight excluding hydrogens is 329 g/mol. The number of hydrogen-bond donors (Lipinski definition) is 2. The standard InChI is InChI=1S/C14H13F3N4O3/c1-8-18-10-5-3-2-4-9(10)13(24)21(8)7-12(23)20-19-11(22)6-14(15,16)17/h2-5H,6-7H2,1H3,(H,19,22)(H,20,23). The molecule has 2 rings (SSSR count). The molecule has 0 bridgehead atoms. The fourth-order valence-corrected chi connectivity index (χ4v) is 2.01. The molecule has 1 aromatic heterocycles. The predicted octanol–water partition coefficient (Wildman–Crippen LogP) is 0.805. The number of fused-ring (bicyclic) bond motifs is 1. The van der Waals surface area contributed by atoms with Crippen LogP contribution >= 0.6 is 0 Å². The van der Waals surface area contributed by atoms with E-state index in [1.807, 2.05) is 5.43 Å². The minimum atomic E-state index is -4.68. The van der Waals surface area contributed by atoms with Gasteiger partial charge in [0, 0.05) is 0 Å². The summed E-state index contributed by atoms with van der Waals surface area (Å²) in [4.78, 5) is 39.2. The normalized spacial score (nSPS) is 11.3. The molecular formula is C14H13F3N4O3. The number of para-hydroxylation sites is 1. The Kier molecular flexibility index (Phi) is 4.86. The summed E-state index contributed by atoms with van der Waals surface area (Å²) >= 11 is 0. The molecule has 24 heavy (non-hydrogen) atoms. The Labute approximate surface area is 133 Å². The number of carbonyl (C=O) groups is 2. The third kappa shape index (κ3) is 4.31. The Morgan fingerprint density at radius 1 is 1.17 bits per heavy atom. The van der Waals surface area contributed by atoms with Gasteiger partial charge in [0.15, 0.2) is 0 Å². The van der Waals surface area contributed by atoms with Gasteiger partial charge in [0.2, 0.25) is 5.91 Å². The van der Waals surface area contributed by atoms with E-state index < -0.39 is 36.5 Å². The lowest BCUT2D eigenvalue weighted by Gasteiger charge is -2.12.